The first-order valence-corrected chi connectivity index (χ1v) is 47.0. The Morgan fingerprint density at radius 3 is 1.44 bits per heavy atom. The Bertz CT molecular complexity index is 8300. The number of carbonyl (C=O) groups excluding carboxylic acids is 3. The molecule has 0 bridgehead atoms. The van der Waals surface area contributed by atoms with Gasteiger partial charge >= 0.3 is 38.8 Å². The van der Waals surface area contributed by atoms with Gasteiger partial charge in [-0.25, -0.2) is 33.4 Å². The molecule has 1 amide bonds. The van der Waals surface area contributed by atoms with E-state index in [4.69, 9.17) is 67.5 Å². The van der Waals surface area contributed by atoms with E-state index < -0.39 is 49.9 Å². The highest BCUT2D eigenvalue weighted by molar-refractivity contribution is 7.84. The molecule has 144 heavy (non-hydrogen) atoms. The number of halogens is 3. The lowest BCUT2D eigenvalue weighted by Crippen LogP contribution is -2.32. The Balaban J connectivity index is 0.000000124. The summed E-state index contributed by atoms with van der Waals surface area (Å²) < 4.78 is 68.4. The van der Waals surface area contributed by atoms with Crippen molar-refractivity contribution >= 4 is 179 Å². The number of nitro groups is 1. The number of carbonyl (C=O) groups is 3. The fourth-order valence-electron chi connectivity index (χ4n) is 13.6. The van der Waals surface area contributed by atoms with Gasteiger partial charge in [0.15, 0.2) is 11.8 Å². The number of pyridine rings is 1. The van der Waals surface area contributed by atoms with Crippen LogP contribution in [0.2, 0.25) is 15.1 Å². The van der Waals surface area contributed by atoms with Gasteiger partial charge in [-0.1, -0.05) is 195 Å². The number of hydrogen-bond acceptors (Lipinski definition) is 35. The third-order valence-corrected chi connectivity index (χ3v) is 24.4. The van der Waals surface area contributed by atoms with E-state index in [1.54, 1.807) is 105 Å². The summed E-state index contributed by atoms with van der Waals surface area (Å²) >= 11 is 17.7. The zero-order valence-electron chi connectivity index (χ0n) is 78.0. The summed E-state index contributed by atoms with van der Waals surface area (Å²) in [4.78, 5) is 78.3. The summed E-state index contributed by atoms with van der Waals surface area (Å²) in [5.74, 6) is -0.466. The molecule has 2 aliphatic carbocycles. The van der Waals surface area contributed by atoms with E-state index in [1.807, 2.05) is 181 Å². The highest BCUT2D eigenvalue weighted by Gasteiger charge is 2.33. The lowest BCUT2D eigenvalue weighted by atomic mass is 10.1. The molecule has 53 heteroatoms. The third kappa shape index (κ3) is 24.4. The smallest absolute Gasteiger partial charge is 0.419 e. The van der Waals surface area contributed by atoms with Crippen LogP contribution in [0.4, 0.5) is 15.3 Å². The highest BCUT2D eigenvalue weighted by atomic mass is 35.5. The standard InChI is InChI=1S/C20H13N3O3.C13H9N3O2.C11H11Cl2N3O.C9H9N5O4.2C9H12N4O3S.C7H6ClN3.C7H7N3.C6H6N4/c24-20(26-23-18-12-6-5-11-17(18)21-22-23)25-19-15-9-3-1-7-13(15)14-8-2-4-10-16(14)19;17-13(10-6-2-1-3-7-10)18-16-12-9-5-4-8-11(12)14-15-16;12-8-5-6-9-11(10(8)13)14-15-16(9)17-7-3-1-2-4-7;1-12(2)9(15)18-13-8-5-6(14(16)17)3-4-7(8)10-11-13;1-7-4-5-9-8(6-7)10-11-13(9)16-17(14,15)12(2)3;1-7-4-5-8-9(6-7)13(11-10-8)16-17(14,15)12(2)3;1-11-7-4-5(8)2-3-6(7)9-10-11;1-10-7-5-3-2-4-6(7)8-9-10;1-10-6-5(8-9-10)3-2-4-7-6/h1-12,19H;1-9H;5-7H,1-4H2;3-5H,1-2H3;2*4-6H,1-3H3;2-4H,1H3;2-5H,1H3;2-4H,1H3. The molecule has 0 aliphatic heterocycles. The number of nitrogens with zero attached hydrogens (tertiary/aromatic N) is 32. The van der Waals surface area contributed by atoms with Crippen molar-refractivity contribution in [2.45, 2.75) is 51.7 Å². The zero-order valence-corrected chi connectivity index (χ0v) is 81.9. The van der Waals surface area contributed by atoms with Gasteiger partial charge < -0.3 is 19.3 Å². The molecule has 0 atom stereocenters. The zero-order chi connectivity index (χ0) is 102. The van der Waals surface area contributed by atoms with Crippen molar-refractivity contribution in [1.29, 1.82) is 0 Å². The number of aromatic nitrogens is 28. The number of aryl methyl sites for hydroxylation is 5. The quantitative estimate of drug-likeness (QED) is 0.0422. The number of fused-ring (bicyclic) bond motifs is 12. The second-order valence-electron chi connectivity index (χ2n) is 31.7. The minimum Gasteiger partial charge on any atom is -0.419 e. The van der Waals surface area contributed by atoms with Gasteiger partial charge in [0.1, 0.15) is 88.9 Å². The van der Waals surface area contributed by atoms with Crippen LogP contribution in [-0.2, 0) is 46.5 Å². The van der Waals surface area contributed by atoms with Crippen molar-refractivity contribution in [3.05, 3.63) is 308 Å². The Labute approximate surface area is 831 Å². The lowest BCUT2D eigenvalue weighted by Gasteiger charge is -2.14. The summed E-state index contributed by atoms with van der Waals surface area (Å²) in [5, 5.41) is 81.2. The van der Waals surface area contributed by atoms with Crippen molar-refractivity contribution in [1.82, 2.24) is 154 Å². The fraction of sp³-hybridized carbons (Fsp3) is 0.187. The SMILES string of the molecule is CN(C)C(=O)On1nnc2ccc([N+](=O)[O-])cc21.Cc1ccc2c(c1)nnn2OS(=O)(=O)N(C)C.Cc1ccc2nnn(OS(=O)(=O)N(C)C)c2c1.Clc1ccc2c(nnn2OC2CCCC2)c1Cl.Cn1nnc2ccc(Cl)cc21.Cn1nnc2ccccc21.Cn1nnc2cccnc21.O=C(OC1c2ccccc2-c2ccccc21)On1nnc2ccccc21.O=C(On1nnc2ccccc21)c1ccccc1. The van der Waals surface area contributed by atoms with Crippen LogP contribution in [0.1, 0.15) is 64.4 Å². The molecule has 0 radical (unpaired) electrons. The first-order chi connectivity index (χ1) is 69.2. The predicted octanol–water partition coefficient (Wildman–Crippen LogP) is 11.9. The largest absolute Gasteiger partial charge is 0.536 e. The number of non-ortho nitro benzene ring substituents is 1. The number of ether oxygens (including phenoxy) is 1. The highest BCUT2D eigenvalue weighted by Crippen LogP contribution is 2.45. The second-order valence-corrected chi connectivity index (χ2v) is 36.3. The molecule has 10 aromatic heterocycles. The summed E-state index contributed by atoms with van der Waals surface area (Å²) in [6.45, 7) is 3.80. The maximum atomic E-state index is 12.4. The molecule has 0 N–H and O–H groups in total. The van der Waals surface area contributed by atoms with Gasteiger partial charge in [0.25, 0.3) is 5.69 Å². The maximum absolute atomic E-state index is 12.4. The van der Waals surface area contributed by atoms with E-state index in [2.05, 4.69) is 97.8 Å². The van der Waals surface area contributed by atoms with E-state index in [0.717, 1.165) is 118 Å². The van der Waals surface area contributed by atoms with Crippen molar-refractivity contribution in [3.8, 4) is 11.1 Å². The van der Waals surface area contributed by atoms with Gasteiger partial charge in [0.05, 0.1) is 31.6 Å². The van der Waals surface area contributed by atoms with E-state index in [0.29, 0.717) is 75.8 Å². The molecular weight excluding hydrogens is 1970 g/mol. The van der Waals surface area contributed by atoms with Crippen molar-refractivity contribution in [2.24, 2.45) is 21.1 Å². The molecule has 11 aromatic carbocycles. The minimum absolute atomic E-state index is 0.132. The summed E-state index contributed by atoms with van der Waals surface area (Å²) in [6.07, 6.45) is 4.52. The second kappa shape index (κ2) is 45.3. The van der Waals surface area contributed by atoms with Crippen molar-refractivity contribution in [2.75, 3.05) is 42.3 Å². The van der Waals surface area contributed by atoms with Crippen LogP contribution in [0.15, 0.2) is 255 Å². The molecule has 21 aromatic rings. The molecule has 48 nitrogen and oxygen atoms in total. The molecule has 10 heterocycles. The Morgan fingerprint density at radius 1 is 0.410 bits per heavy atom. The molecule has 1 saturated carbocycles. The average Bonchev–Trinajstić information content (AvgIpc) is 1.61. The van der Waals surface area contributed by atoms with E-state index in [-0.39, 0.29) is 17.3 Å². The van der Waals surface area contributed by atoms with E-state index in [9.17, 15) is 41.3 Å². The van der Waals surface area contributed by atoms with Gasteiger partial charge in [0, 0.05) is 97.9 Å². The molecule has 0 saturated heterocycles. The van der Waals surface area contributed by atoms with E-state index >= 15 is 0 Å². The van der Waals surface area contributed by atoms with Gasteiger partial charge in [-0.15, -0.1) is 45.9 Å². The average molecular weight is 2050 g/mol. The van der Waals surface area contributed by atoms with Gasteiger partial charge in [-0.3, -0.25) is 28.4 Å². The fourth-order valence-corrected chi connectivity index (χ4v) is 15.0. The molecule has 0 unspecified atom stereocenters. The first kappa shape index (κ1) is 101. The number of rotatable bonds is 14. The van der Waals surface area contributed by atoms with Gasteiger partial charge in [-0.2, -0.15) is 25.4 Å². The molecule has 23 rings (SSSR count). The molecule has 0 spiro atoms. The Morgan fingerprint density at radius 2 is 0.854 bits per heavy atom. The van der Waals surface area contributed by atoms with Crippen LogP contribution in [0.25, 0.3) is 111 Å². The van der Waals surface area contributed by atoms with E-state index in [1.165, 1.54) is 83.1 Å². The Hall–Kier alpha value is -17.3. The minimum atomic E-state index is -3.83. The van der Waals surface area contributed by atoms with Crippen LogP contribution in [0.5, 0.6) is 0 Å². The van der Waals surface area contributed by atoms with Crippen LogP contribution < -0.4 is 27.9 Å². The normalized spacial score (nSPS) is 12.0. The molecule has 2 aliphatic rings. The monoisotopic (exact) mass is 2050 g/mol. The maximum Gasteiger partial charge on any atom is 0.536 e. The molecule has 738 valence electrons. The predicted molar refractivity (Wildman–Crippen MR) is 527 cm³/mol. The van der Waals surface area contributed by atoms with Crippen LogP contribution >= 0.6 is 34.8 Å². The number of para-hydroxylation sites is 3. The lowest BCUT2D eigenvalue weighted by molar-refractivity contribution is -0.384. The number of benzene rings is 11. The Kier molecular flexibility index (Phi) is 31.8. The van der Waals surface area contributed by atoms with Crippen molar-refractivity contribution in [3.63, 3.8) is 0 Å². The van der Waals surface area contributed by atoms with Crippen LogP contribution in [0.3, 0.4) is 0 Å². The third-order valence-electron chi connectivity index (χ3n) is 21.0. The van der Waals surface area contributed by atoms with Gasteiger partial charge in [0.2, 0.25) is 0 Å². The first-order valence-electron chi connectivity index (χ1n) is 43.1. The van der Waals surface area contributed by atoms with Gasteiger partial charge in [-0.05, 0) is 214 Å². The summed E-state index contributed by atoms with van der Waals surface area (Å²) in [6, 6.07) is 74.3. The number of amides is 1. The number of nitro benzene ring substituents is 1. The van der Waals surface area contributed by atoms with Crippen molar-refractivity contribution < 1.29 is 68.8 Å². The van der Waals surface area contributed by atoms with Crippen LogP contribution in [0, 0.1) is 24.0 Å². The van der Waals surface area contributed by atoms with Crippen LogP contribution in [-0.4, -0.2) is 243 Å². The molecule has 1 fully saturated rings. The molecular formula is C91H85Cl3N32O16S2. The summed E-state index contributed by atoms with van der Waals surface area (Å²) in [5.41, 5.74) is 18.5. The topological polar surface area (TPSA) is 526 Å². The number of hydrogen-bond donors (Lipinski definition) is 0. The summed E-state index contributed by atoms with van der Waals surface area (Å²) in [7, 11) is 6.39.